The number of hydrogen-bond acceptors (Lipinski definition) is 10. The van der Waals surface area contributed by atoms with Gasteiger partial charge in [-0.1, -0.05) is 0 Å². The first kappa shape index (κ1) is 27.3. The van der Waals surface area contributed by atoms with Crippen molar-refractivity contribution in [3.63, 3.8) is 0 Å². The van der Waals surface area contributed by atoms with Gasteiger partial charge in [0.1, 0.15) is 35.3 Å². The van der Waals surface area contributed by atoms with Crippen LogP contribution in [0.25, 0.3) is 0 Å². The van der Waals surface area contributed by atoms with E-state index in [0.717, 1.165) is 16.8 Å². The molecule has 0 radical (unpaired) electrons. The Hall–Kier alpha value is -3.33. The van der Waals surface area contributed by atoms with Gasteiger partial charge in [0.05, 0.1) is 28.4 Å². The second kappa shape index (κ2) is 13.1. The van der Waals surface area contributed by atoms with Gasteiger partial charge in [0.15, 0.2) is 8.46 Å². The monoisotopic (exact) mass is 533 g/mol. The van der Waals surface area contributed by atoms with Crippen LogP contribution in [0.1, 0.15) is 0 Å². The lowest BCUT2D eigenvalue weighted by molar-refractivity contribution is -0.151. The molecule has 0 fully saturated rings. The smallest absolute Gasteiger partial charge is 0.373 e. The molecule has 0 aliphatic heterocycles. The van der Waals surface area contributed by atoms with E-state index in [1.54, 1.807) is 94.1 Å². The lowest BCUT2D eigenvalue weighted by Crippen LogP contribution is -2.52. The van der Waals surface area contributed by atoms with E-state index in [0.29, 0.717) is 28.7 Å². The fraction of sp³-hybridized carbons (Fsp3) is 0.240. The van der Waals surface area contributed by atoms with Crippen LogP contribution in [0, 0.1) is 0 Å². The highest BCUT2D eigenvalue weighted by molar-refractivity contribution is 7.97. The van der Waals surface area contributed by atoms with E-state index in [-0.39, 0.29) is 6.54 Å². The molecule has 0 aromatic heterocycles. The molecule has 0 saturated heterocycles. The summed E-state index contributed by atoms with van der Waals surface area (Å²) in [4.78, 5) is 13.1. The molecule has 1 atom stereocenters. The summed E-state index contributed by atoms with van der Waals surface area (Å²) in [5.74, 6) is 2.07. The van der Waals surface area contributed by atoms with E-state index in [1.807, 2.05) is 0 Å². The Morgan fingerprint density at radius 2 is 1.11 bits per heavy atom. The van der Waals surface area contributed by atoms with Crippen LogP contribution in [-0.4, -0.2) is 50.9 Å². The number of methoxy groups -OCH3 is 4. The molecular weight excluding hydrogens is 505 g/mol. The molecule has 0 spiro atoms. The predicted molar refractivity (Wildman–Crippen MR) is 138 cm³/mol. The van der Waals surface area contributed by atoms with Gasteiger partial charge in [0, 0.05) is 4.90 Å². The average molecular weight is 534 g/mol. The summed E-state index contributed by atoms with van der Waals surface area (Å²) in [7, 11) is 4.16. The van der Waals surface area contributed by atoms with E-state index in [4.69, 9.17) is 28.4 Å². The van der Waals surface area contributed by atoms with Gasteiger partial charge in [-0.05, 0) is 84.7 Å². The molecule has 1 unspecified atom stereocenters. The number of rotatable bonds is 13. The molecular formula is C25H28NO8PS. The number of carbonyl (C=O) groups excluding carboxylic acids is 1. The molecule has 0 amide bonds. The number of benzene rings is 3. The molecule has 36 heavy (non-hydrogen) atoms. The van der Waals surface area contributed by atoms with Crippen molar-refractivity contribution in [2.75, 3.05) is 35.0 Å². The van der Waals surface area contributed by atoms with Crippen LogP contribution >= 0.6 is 20.4 Å². The van der Waals surface area contributed by atoms with Gasteiger partial charge >= 0.3 is 11.6 Å². The Labute approximate surface area is 215 Å². The second-order valence-corrected chi connectivity index (χ2v) is 9.24. The number of carbonyl (C=O) groups is 1. The molecule has 3 rings (SSSR count). The van der Waals surface area contributed by atoms with E-state index < -0.39 is 20.1 Å². The Morgan fingerprint density at radius 1 is 0.722 bits per heavy atom. The van der Waals surface area contributed by atoms with Gasteiger partial charge in [0.25, 0.3) is 0 Å². The van der Waals surface area contributed by atoms with Crippen molar-refractivity contribution >= 4 is 26.4 Å². The Morgan fingerprint density at radius 3 is 1.47 bits per heavy atom. The van der Waals surface area contributed by atoms with Gasteiger partial charge in [0.2, 0.25) is 0 Å². The minimum atomic E-state index is -1.86. The first-order chi connectivity index (χ1) is 17.4. The molecule has 0 bridgehead atoms. The number of esters is 1. The van der Waals surface area contributed by atoms with Crippen LogP contribution in [0.3, 0.4) is 0 Å². The van der Waals surface area contributed by atoms with E-state index >= 15 is 0 Å². The highest BCUT2D eigenvalue weighted by Gasteiger charge is 2.44. The zero-order valence-corrected chi connectivity index (χ0v) is 22.3. The molecule has 0 heterocycles. The summed E-state index contributed by atoms with van der Waals surface area (Å²) < 4.78 is 47.4. The van der Waals surface area contributed by atoms with Crippen LogP contribution in [0.2, 0.25) is 0 Å². The SMILES string of the molecule is COC(=O)CN(Sc1ccc(OC)cc1)C(Oc1ccc(OC)cc1)(Oc1ccc(OC)cc1)[PH2]=O. The van der Waals surface area contributed by atoms with Gasteiger partial charge in [-0.25, -0.2) is 0 Å². The predicted octanol–water partition coefficient (Wildman–Crippen LogP) is 4.72. The standard InChI is InChI=1S/C25H28NO8PS/c1-29-18-5-9-21(10-6-18)33-25(35-28,34-22-11-7-19(30-2)8-12-22)26(17-24(27)32-4)36-23-15-13-20(31-3)14-16-23/h5-16H,17,35H2,1-4H3. The minimum absolute atomic E-state index is 0.283. The maximum absolute atomic E-state index is 13.0. The van der Waals surface area contributed by atoms with Crippen LogP contribution < -0.4 is 23.7 Å². The van der Waals surface area contributed by atoms with Crippen LogP contribution in [0.15, 0.2) is 77.7 Å². The highest BCUT2D eigenvalue weighted by Crippen LogP contribution is 2.41. The van der Waals surface area contributed by atoms with Gasteiger partial charge in [-0.15, -0.1) is 0 Å². The maximum atomic E-state index is 13.0. The molecule has 9 nitrogen and oxygen atoms in total. The Kier molecular flexibility index (Phi) is 9.93. The van der Waals surface area contributed by atoms with Gasteiger partial charge in [-0.3, -0.25) is 4.79 Å². The van der Waals surface area contributed by atoms with Crippen molar-refractivity contribution in [3.05, 3.63) is 72.8 Å². The van der Waals surface area contributed by atoms with E-state index in [9.17, 15) is 9.36 Å². The summed E-state index contributed by atoms with van der Waals surface area (Å²) in [5, 5.41) is 0. The topological polar surface area (TPSA) is 92.8 Å². The summed E-state index contributed by atoms with van der Waals surface area (Å²) in [6.45, 7) is -0.283. The zero-order chi connectivity index (χ0) is 26.0. The van der Waals surface area contributed by atoms with Crippen molar-refractivity contribution < 1.29 is 37.8 Å². The fourth-order valence-electron chi connectivity index (χ4n) is 3.01. The van der Waals surface area contributed by atoms with Crippen LogP contribution in [0.4, 0.5) is 0 Å². The summed E-state index contributed by atoms with van der Waals surface area (Å²) in [5.41, 5.74) is -1.86. The first-order valence-electron chi connectivity index (χ1n) is 10.7. The van der Waals surface area contributed by atoms with Crippen molar-refractivity contribution in [1.82, 2.24) is 4.31 Å². The van der Waals surface area contributed by atoms with E-state index in [1.165, 1.54) is 11.4 Å². The summed E-state index contributed by atoms with van der Waals surface area (Å²) in [6, 6.07) is 20.6. The quantitative estimate of drug-likeness (QED) is 0.133. The zero-order valence-electron chi connectivity index (χ0n) is 20.3. The largest absolute Gasteiger partial charge is 0.497 e. The molecule has 3 aromatic carbocycles. The molecule has 0 aliphatic rings. The molecule has 0 N–H and O–H groups in total. The average Bonchev–Trinajstić information content (AvgIpc) is 2.93. The van der Waals surface area contributed by atoms with Gasteiger partial charge in [-0.2, -0.15) is 4.31 Å². The molecule has 0 saturated carbocycles. The molecule has 0 aliphatic carbocycles. The third-order valence-electron chi connectivity index (χ3n) is 4.92. The normalized spacial score (nSPS) is 11.4. The Balaban J connectivity index is 2.04. The van der Waals surface area contributed by atoms with Crippen LogP contribution in [-0.2, 0) is 14.1 Å². The lowest BCUT2D eigenvalue weighted by atomic mass is 10.3. The maximum Gasteiger partial charge on any atom is 0.373 e. The van der Waals surface area contributed by atoms with Crippen molar-refractivity contribution in [3.8, 4) is 28.7 Å². The highest BCUT2D eigenvalue weighted by atomic mass is 32.2. The van der Waals surface area contributed by atoms with Gasteiger partial charge < -0.3 is 33.0 Å². The third kappa shape index (κ3) is 7.10. The van der Waals surface area contributed by atoms with Crippen molar-refractivity contribution in [2.45, 2.75) is 10.5 Å². The molecule has 11 heteroatoms. The third-order valence-corrected chi connectivity index (χ3v) is 7.04. The minimum Gasteiger partial charge on any atom is -0.497 e. The number of ether oxygens (including phenoxy) is 6. The number of nitrogens with zero attached hydrogens (tertiary/aromatic N) is 1. The van der Waals surface area contributed by atoms with Crippen LogP contribution in [0.5, 0.6) is 28.7 Å². The summed E-state index contributed by atoms with van der Waals surface area (Å²) >= 11 is 1.14. The first-order valence-corrected chi connectivity index (χ1v) is 12.6. The molecule has 192 valence electrons. The lowest BCUT2D eigenvalue weighted by Gasteiger charge is -2.38. The summed E-state index contributed by atoms with van der Waals surface area (Å²) in [6.07, 6.45) is 0. The van der Waals surface area contributed by atoms with E-state index in [2.05, 4.69) is 0 Å². The fourth-order valence-corrected chi connectivity index (χ4v) is 4.75. The van der Waals surface area contributed by atoms with Crippen molar-refractivity contribution in [2.24, 2.45) is 0 Å². The second-order valence-electron chi connectivity index (χ2n) is 7.18. The number of hydrogen-bond donors (Lipinski definition) is 0. The molecule has 3 aromatic rings. The van der Waals surface area contributed by atoms with Crippen molar-refractivity contribution in [1.29, 1.82) is 0 Å². The Bertz CT molecular complexity index is 1080.